The lowest BCUT2D eigenvalue weighted by atomic mass is 10.1. The maximum atomic E-state index is 12.4. The third kappa shape index (κ3) is 2.81. The van der Waals surface area contributed by atoms with Gasteiger partial charge in [0.25, 0.3) is 5.91 Å². The number of anilines is 1. The Balaban J connectivity index is 1.54. The van der Waals surface area contributed by atoms with Gasteiger partial charge in [0.15, 0.2) is 5.13 Å². The first-order valence-corrected chi connectivity index (χ1v) is 8.49. The molecule has 4 aromatic rings. The average Bonchev–Trinajstić information content (AvgIpc) is 3.22. The molecule has 5 heteroatoms. The standard InChI is InChI=1S/C19H15N3OS/c1-12-6-8-13(9-7-12)17-11-24-19(21-17)22-18(23)16-10-14-4-2-3-5-15(14)20-16/h2-11,20H,1H3,(H,21,22,23). The monoisotopic (exact) mass is 333 g/mol. The van der Waals surface area contributed by atoms with Crippen LogP contribution in [0.15, 0.2) is 60.0 Å². The Kier molecular flexibility index (Phi) is 3.63. The molecule has 2 heterocycles. The number of amides is 1. The molecular formula is C19H15N3OS. The van der Waals surface area contributed by atoms with Crippen LogP contribution in [0.2, 0.25) is 0 Å². The first-order valence-electron chi connectivity index (χ1n) is 7.61. The number of aryl methyl sites for hydroxylation is 1. The maximum absolute atomic E-state index is 12.4. The fourth-order valence-corrected chi connectivity index (χ4v) is 3.26. The van der Waals surface area contributed by atoms with Crippen LogP contribution in [-0.2, 0) is 0 Å². The number of para-hydroxylation sites is 1. The molecule has 0 aliphatic carbocycles. The molecule has 0 saturated carbocycles. The number of aromatic nitrogens is 2. The molecule has 0 unspecified atom stereocenters. The minimum Gasteiger partial charge on any atom is -0.351 e. The number of nitrogens with zero attached hydrogens (tertiary/aromatic N) is 1. The Hall–Kier alpha value is -2.92. The number of carbonyl (C=O) groups is 1. The van der Waals surface area contributed by atoms with Gasteiger partial charge < -0.3 is 4.98 Å². The highest BCUT2D eigenvalue weighted by atomic mass is 32.1. The van der Waals surface area contributed by atoms with Crippen LogP contribution in [0.4, 0.5) is 5.13 Å². The number of carbonyl (C=O) groups excluding carboxylic acids is 1. The van der Waals surface area contributed by atoms with E-state index in [2.05, 4.69) is 34.3 Å². The number of benzene rings is 2. The van der Waals surface area contributed by atoms with Crippen molar-refractivity contribution in [2.75, 3.05) is 5.32 Å². The lowest BCUT2D eigenvalue weighted by Gasteiger charge is -1.99. The van der Waals surface area contributed by atoms with Gasteiger partial charge in [-0.2, -0.15) is 0 Å². The second-order valence-corrected chi connectivity index (χ2v) is 6.49. The highest BCUT2D eigenvalue weighted by Crippen LogP contribution is 2.25. The molecule has 118 valence electrons. The summed E-state index contributed by atoms with van der Waals surface area (Å²) in [5, 5.41) is 6.42. The van der Waals surface area contributed by atoms with E-state index in [-0.39, 0.29) is 5.91 Å². The van der Waals surface area contributed by atoms with Gasteiger partial charge in [-0.15, -0.1) is 11.3 Å². The van der Waals surface area contributed by atoms with E-state index >= 15 is 0 Å². The summed E-state index contributed by atoms with van der Waals surface area (Å²) in [5.41, 5.74) is 4.60. The van der Waals surface area contributed by atoms with Crippen molar-refractivity contribution >= 4 is 33.3 Å². The van der Waals surface area contributed by atoms with E-state index in [1.807, 2.05) is 47.8 Å². The number of hydrogen-bond acceptors (Lipinski definition) is 3. The zero-order chi connectivity index (χ0) is 16.5. The van der Waals surface area contributed by atoms with Crippen molar-refractivity contribution in [1.82, 2.24) is 9.97 Å². The smallest absolute Gasteiger partial charge is 0.273 e. The predicted octanol–water partition coefficient (Wildman–Crippen LogP) is 4.85. The first kappa shape index (κ1) is 14.7. The zero-order valence-electron chi connectivity index (χ0n) is 13.0. The number of thiazole rings is 1. The SMILES string of the molecule is Cc1ccc(-c2csc(NC(=O)c3cc4ccccc4[nH]3)n2)cc1. The minimum atomic E-state index is -0.184. The highest BCUT2D eigenvalue weighted by molar-refractivity contribution is 7.14. The molecule has 0 bridgehead atoms. The van der Waals surface area contributed by atoms with Gasteiger partial charge in [0, 0.05) is 21.8 Å². The Morgan fingerprint density at radius 3 is 2.71 bits per heavy atom. The average molecular weight is 333 g/mol. The Bertz CT molecular complexity index is 981. The molecule has 4 nitrogen and oxygen atoms in total. The zero-order valence-corrected chi connectivity index (χ0v) is 13.9. The van der Waals surface area contributed by atoms with Gasteiger partial charge in [-0.05, 0) is 19.1 Å². The van der Waals surface area contributed by atoms with Crippen molar-refractivity contribution < 1.29 is 4.79 Å². The van der Waals surface area contributed by atoms with Crippen LogP contribution in [0.5, 0.6) is 0 Å². The van der Waals surface area contributed by atoms with Crippen LogP contribution in [0.1, 0.15) is 16.1 Å². The van der Waals surface area contributed by atoms with Crippen LogP contribution in [-0.4, -0.2) is 15.9 Å². The minimum absolute atomic E-state index is 0.184. The largest absolute Gasteiger partial charge is 0.351 e. The number of nitrogens with one attached hydrogen (secondary N) is 2. The molecule has 24 heavy (non-hydrogen) atoms. The summed E-state index contributed by atoms with van der Waals surface area (Å²) in [5.74, 6) is -0.184. The summed E-state index contributed by atoms with van der Waals surface area (Å²) in [6.45, 7) is 2.05. The molecule has 1 amide bonds. The Labute approximate surface area is 143 Å². The maximum Gasteiger partial charge on any atom is 0.273 e. The third-order valence-electron chi connectivity index (χ3n) is 3.85. The Morgan fingerprint density at radius 1 is 1.12 bits per heavy atom. The van der Waals surface area contributed by atoms with E-state index in [1.54, 1.807) is 0 Å². The summed E-state index contributed by atoms with van der Waals surface area (Å²) < 4.78 is 0. The quantitative estimate of drug-likeness (QED) is 0.563. The molecule has 0 atom stereocenters. The predicted molar refractivity (Wildman–Crippen MR) is 98.5 cm³/mol. The van der Waals surface area contributed by atoms with Crippen molar-refractivity contribution in [3.63, 3.8) is 0 Å². The normalized spacial score (nSPS) is 10.9. The van der Waals surface area contributed by atoms with Crippen molar-refractivity contribution in [2.24, 2.45) is 0 Å². The highest BCUT2D eigenvalue weighted by Gasteiger charge is 2.12. The van der Waals surface area contributed by atoms with Crippen LogP contribution in [0.25, 0.3) is 22.2 Å². The van der Waals surface area contributed by atoms with Crippen LogP contribution < -0.4 is 5.32 Å². The third-order valence-corrected chi connectivity index (χ3v) is 4.60. The van der Waals surface area contributed by atoms with Crippen molar-refractivity contribution in [1.29, 1.82) is 0 Å². The van der Waals surface area contributed by atoms with Crippen LogP contribution in [0, 0.1) is 6.92 Å². The molecule has 0 saturated heterocycles. The summed E-state index contributed by atoms with van der Waals surface area (Å²) in [4.78, 5) is 20.0. The van der Waals surface area contributed by atoms with Crippen molar-refractivity contribution in [3.8, 4) is 11.3 Å². The number of fused-ring (bicyclic) bond motifs is 1. The van der Waals surface area contributed by atoms with E-state index in [0.717, 1.165) is 22.2 Å². The molecule has 2 N–H and O–H groups in total. The fraction of sp³-hybridized carbons (Fsp3) is 0.0526. The van der Waals surface area contributed by atoms with E-state index < -0.39 is 0 Å². The van der Waals surface area contributed by atoms with Crippen molar-refractivity contribution in [3.05, 3.63) is 71.2 Å². The molecule has 4 rings (SSSR count). The van der Waals surface area contributed by atoms with Gasteiger partial charge >= 0.3 is 0 Å². The topological polar surface area (TPSA) is 57.8 Å². The lowest BCUT2D eigenvalue weighted by Crippen LogP contribution is -2.11. The number of rotatable bonds is 3. The molecule has 2 aromatic carbocycles. The van der Waals surface area contributed by atoms with E-state index in [1.165, 1.54) is 16.9 Å². The van der Waals surface area contributed by atoms with Gasteiger partial charge in [0.1, 0.15) is 5.69 Å². The lowest BCUT2D eigenvalue weighted by molar-refractivity contribution is 0.102. The number of H-pyrrole nitrogens is 1. The van der Waals surface area contributed by atoms with E-state index in [0.29, 0.717) is 10.8 Å². The summed E-state index contributed by atoms with van der Waals surface area (Å²) in [6, 6.07) is 17.8. The first-order chi connectivity index (χ1) is 11.7. The number of hydrogen-bond donors (Lipinski definition) is 2. The van der Waals surface area contributed by atoms with Gasteiger partial charge in [0.2, 0.25) is 0 Å². The second kappa shape index (κ2) is 5.94. The molecule has 0 spiro atoms. The molecule has 0 aliphatic rings. The molecule has 0 radical (unpaired) electrons. The second-order valence-electron chi connectivity index (χ2n) is 5.63. The molecular weight excluding hydrogens is 318 g/mol. The van der Waals surface area contributed by atoms with Gasteiger partial charge in [-0.3, -0.25) is 10.1 Å². The van der Waals surface area contributed by atoms with Gasteiger partial charge in [-0.1, -0.05) is 48.0 Å². The summed E-state index contributed by atoms with van der Waals surface area (Å²) in [7, 11) is 0. The van der Waals surface area contributed by atoms with E-state index in [9.17, 15) is 4.79 Å². The van der Waals surface area contributed by atoms with Gasteiger partial charge in [0.05, 0.1) is 5.69 Å². The Morgan fingerprint density at radius 2 is 1.92 bits per heavy atom. The van der Waals surface area contributed by atoms with E-state index in [4.69, 9.17) is 0 Å². The molecule has 0 fully saturated rings. The molecule has 2 aromatic heterocycles. The van der Waals surface area contributed by atoms with Crippen LogP contribution >= 0.6 is 11.3 Å². The van der Waals surface area contributed by atoms with Gasteiger partial charge in [-0.25, -0.2) is 4.98 Å². The molecule has 0 aliphatic heterocycles. The summed E-state index contributed by atoms with van der Waals surface area (Å²) in [6.07, 6.45) is 0. The van der Waals surface area contributed by atoms with Crippen LogP contribution in [0.3, 0.4) is 0 Å². The van der Waals surface area contributed by atoms with Crippen molar-refractivity contribution in [2.45, 2.75) is 6.92 Å². The fourth-order valence-electron chi connectivity index (χ4n) is 2.55. The number of aromatic amines is 1. The summed E-state index contributed by atoms with van der Waals surface area (Å²) >= 11 is 1.42.